The van der Waals surface area contributed by atoms with Crippen LogP contribution in [0.3, 0.4) is 0 Å². The lowest BCUT2D eigenvalue weighted by Crippen LogP contribution is -2.12. The Morgan fingerprint density at radius 3 is 2.64 bits per heavy atom. The average Bonchev–Trinajstić information content (AvgIpc) is 2.53. The van der Waals surface area contributed by atoms with E-state index in [1.54, 1.807) is 24.1 Å². The fourth-order valence-corrected chi connectivity index (χ4v) is 1.06. The van der Waals surface area contributed by atoms with Crippen LogP contribution in [0, 0.1) is 22.7 Å². The zero-order valence-electron chi connectivity index (χ0n) is 7.98. The SMILES string of the molecule is C/C=C\C1=COC(=C(C#N)C#N)N1C. The topological polar surface area (TPSA) is 60.0 Å². The third kappa shape index (κ3) is 1.60. The quantitative estimate of drug-likeness (QED) is 0.585. The smallest absolute Gasteiger partial charge is 0.228 e. The van der Waals surface area contributed by atoms with Gasteiger partial charge in [0.25, 0.3) is 0 Å². The Kier molecular flexibility index (Phi) is 2.93. The highest BCUT2D eigenvalue weighted by Gasteiger charge is 2.20. The molecule has 0 unspecified atom stereocenters. The minimum Gasteiger partial charge on any atom is -0.444 e. The highest BCUT2D eigenvalue weighted by Crippen LogP contribution is 2.23. The van der Waals surface area contributed by atoms with Crippen molar-refractivity contribution < 1.29 is 4.74 Å². The van der Waals surface area contributed by atoms with Gasteiger partial charge in [-0.1, -0.05) is 6.08 Å². The van der Waals surface area contributed by atoms with Crippen molar-refractivity contribution in [3.05, 3.63) is 35.6 Å². The van der Waals surface area contributed by atoms with Crippen molar-refractivity contribution >= 4 is 0 Å². The summed E-state index contributed by atoms with van der Waals surface area (Å²) in [5.74, 6) is 0.281. The van der Waals surface area contributed by atoms with Crippen molar-refractivity contribution in [2.24, 2.45) is 0 Å². The molecule has 0 radical (unpaired) electrons. The second-order valence-corrected chi connectivity index (χ2v) is 2.62. The predicted molar refractivity (Wildman–Crippen MR) is 50.0 cm³/mol. The summed E-state index contributed by atoms with van der Waals surface area (Å²) in [7, 11) is 1.74. The first-order chi connectivity index (χ1) is 6.74. The second kappa shape index (κ2) is 4.15. The molecule has 1 rings (SSSR count). The number of allylic oxidation sites excluding steroid dienone is 3. The lowest BCUT2D eigenvalue weighted by Gasteiger charge is -2.12. The Morgan fingerprint density at radius 2 is 2.14 bits per heavy atom. The van der Waals surface area contributed by atoms with Gasteiger partial charge in [0.1, 0.15) is 18.4 Å². The van der Waals surface area contributed by atoms with E-state index in [9.17, 15) is 0 Å². The van der Waals surface area contributed by atoms with E-state index in [-0.39, 0.29) is 11.5 Å². The average molecular weight is 187 g/mol. The summed E-state index contributed by atoms with van der Waals surface area (Å²) in [6.07, 6.45) is 5.19. The van der Waals surface area contributed by atoms with Gasteiger partial charge in [0.15, 0.2) is 5.57 Å². The van der Waals surface area contributed by atoms with Gasteiger partial charge < -0.3 is 9.64 Å². The van der Waals surface area contributed by atoms with Gasteiger partial charge >= 0.3 is 0 Å². The van der Waals surface area contributed by atoms with Crippen molar-refractivity contribution in [2.75, 3.05) is 7.05 Å². The molecule has 1 aliphatic rings. The van der Waals surface area contributed by atoms with E-state index < -0.39 is 0 Å². The number of likely N-dealkylation sites (N-methyl/N-ethyl adjacent to an activating group) is 1. The first-order valence-electron chi connectivity index (χ1n) is 4.02. The molecule has 0 aromatic rings. The lowest BCUT2D eigenvalue weighted by atomic mass is 10.3. The van der Waals surface area contributed by atoms with Gasteiger partial charge in [-0.2, -0.15) is 10.5 Å². The van der Waals surface area contributed by atoms with Crippen molar-refractivity contribution in [1.29, 1.82) is 10.5 Å². The molecule has 4 nitrogen and oxygen atoms in total. The first-order valence-corrected chi connectivity index (χ1v) is 4.02. The maximum atomic E-state index is 8.64. The lowest BCUT2D eigenvalue weighted by molar-refractivity contribution is 0.290. The summed E-state index contributed by atoms with van der Waals surface area (Å²) in [5, 5.41) is 17.3. The molecule has 0 bridgehead atoms. The third-order valence-corrected chi connectivity index (χ3v) is 1.76. The molecule has 1 heterocycles. The molecule has 0 saturated heterocycles. The van der Waals surface area contributed by atoms with Crippen LogP contribution in [0.2, 0.25) is 0 Å². The van der Waals surface area contributed by atoms with Gasteiger partial charge in [0.05, 0.1) is 5.70 Å². The molecule has 0 aromatic carbocycles. The standard InChI is InChI=1S/C10H9N3O/c1-3-4-9-7-14-10(13(9)2)8(5-11)6-12/h3-4,7H,1-2H3/b4-3-. The first kappa shape index (κ1) is 9.88. The summed E-state index contributed by atoms with van der Waals surface area (Å²) in [5.41, 5.74) is 0.786. The van der Waals surface area contributed by atoms with E-state index in [4.69, 9.17) is 15.3 Å². The van der Waals surface area contributed by atoms with Gasteiger partial charge in [-0.05, 0) is 13.0 Å². The molecular weight excluding hydrogens is 178 g/mol. The molecule has 0 saturated carbocycles. The van der Waals surface area contributed by atoms with Crippen molar-refractivity contribution in [3.63, 3.8) is 0 Å². The number of nitrogens with zero attached hydrogens (tertiary/aromatic N) is 3. The van der Waals surface area contributed by atoms with Gasteiger partial charge in [-0.3, -0.25) is 0 Å². The molecule has 0 aliphatic carbocycles. The third-order valence-electron chi connectivity index (χ3n) is 1.76. The highest BCUT2D eigenvalue weighted by molar-refractivity contribution is 5.41. The predicted octanol–water partition coefficient (Wildman–Crippen LogP) is 1.62. The van der Waals surface area contributed by atoms with Crippen LogP contribution in [-0.2, 0) is 4.74 Å². The van der Waals surface area contributed by atoms with Crippen LogP contribution in [0.15, 0.2) is 35.6 Å². The normalized spacial score (nSPS) is 14.7. The minimum absolute atomic E-state index is 0.0248. The summed E-state index contributed by atoms with van der Waals surface area (Å²) >= 11 is 0. The molecule has 0 atom stereocenters. The zero-order chi connectivity index (χ0) is 10.6. The Hall–Kier alpha value is -2.20. The van der Waals surface area contributed by atoms with E-state index in [1.165, 1.54) is 6.26 Å². The molecule has 0 fully saturated rings. The van der Waals surface area contributed by atoms with Gasteiger partial charge in [-0.25, -0.2) is 0 Å². The molecule has 14 heavy (non-hydrogen) atoms. The van der Waals surface area contributed by atoms with E-state index in [1.807, 2.05) is 19.1 Å². The van der Waals surface area contributed by atoms with Crippen LogP contribution in [-0.4, -0.2) is 11.9 Å². The van der Waals surface area contributed by atoms with Crippen LogP contribution < -0.4 is 0 Å². The van der Waals surface area contributed by atoms with Crippen LogP contribution in [0.1, 0.15) is 6.92 Å². The number of ether oxygens (including phenoxy) is 1. The molecule has 70 valence electrons. The molecule has 4 heteroatoms. The highest BCUT2D eigenvalue weighted by atomic mass is 16.5. The molecular formula is C10H9N3O. The van der Waals surface area contributed by atoms with Crippen LogP contribution >= 0.6 is 0 Å². The molecule has 0 aromatic heterocycles. The maximum Gasteiger partial charge on any atom is 0.228 e. The van der Waals surface area contributed by atoms with Crippen molar-refractivity contribution in [1.82, 2.24) is 4.90 Å². The van der Waals surface area contributed by atoms with Gasteiger partial charge in [0, 0.05) is 7.05 Å². The molecule has 1 aliphatic heterocycles. The number of hydrogen-bond acceptors (Lipinski definition) is 4. The summed E-state index contributed by atoms with van der Waals surface area (Å²) in [6.45, 7) is 1.88. The largest absolute Gasteiger partial charge is 0.444 e. The summed E-state index contributed by atoms with van der Waals surface area (Å²) in [4.78, 5) is 1.65. The van der Waals surface area contributed by atoms with Gasteiger partial charge in [0.2, 0.25) is 5.88 Å². The maximum absolute atomic E-state index is 8.64. The van der Waals surface area contributed by atoms with E-state index in [0.29, 0.717) is 0 Å². The minimum atomic E-state index is -0.0248. The Morgan fingerprint density at radius 1 is 1.50 bits per heavy atom. The molecule has 0 N–H and O–H groups in total. The number of hydrogen-bond donors (Lipinski definition) is 0. The van der Waals surface area contributed by atoms with E-state index in [0.717, 1.165) is 5.70 Å². The van der Waals surface area contributed by atoms with E-state index in [2.05, 4.69) is 0 Å². The number of rotatable bonds is 1. The van der Waals surface area contributed by atoms with Crippen LogP contribution in [0.5, 0.6) is 0 Å². The fraction of sp³-hybridized carbons (Fsp3) is 0.200. The second-order valence-electron chi connectivity index (χ2n) is 2.62. The molecule has 0 amide bonds. The zero-order valence-corrected chi connectivity index (χ0v) is 7.98. The van der Waals surface area contributed by atoms with Crippen molar-refractivity contribution in [2.45, 2.75) is 6.92 Å². The van der Waals surface area contributed by atoms with Crippen LogP contribution in [0.25, 0.3) is 0 Å². The summed E-state index contributed by atoms with van der Waals surface area (Å²) in [6, 6.07) is 3.56. The van der Waals surface area contributed by atoms with E-state index >= 15 is 0 Å². The Balaban J connectivity index is 3.01. The monoisotopic (exact) mass is 187 g/mol. The molecule has 0 spiro atoms. The Labute approximate surface area is 82.6 Å². The fourth-order valence-electron chi connectivity index (χ4n) is 1.06. The van der Waals surface area contributed by atoms with Crippen LogP contribution in [0.4, 0.5) is 0 Å². The Bertz CT molecular complexity index is 388. The number of nitriles is 2. The van der Waals surface area contributed by atoms with Crippen molar-refractivity contribution in [3.8, 4) is 12.1 Å². The van der Waals surface area contributed by atoms with Gasteiger partial charge in [-0.15, -0.1) is 0 Å². The summed E-state index contributed by atoms with van der Waals surface area (Å²) < 4.78 is 5.12.